The molecule has 1 unspecified atom stereocenters. The molecule has 1 amide bonds. The van der Waals surface area contributed by atoms with Crippen LogP contribution in [0.2, 0.25) is 0 Å². The molecule has 0 bridgehead atoms. The van der Waals surface area contributed by atoms with Gasteiger partial charge in [0, 0.05) is 45.4 Å². The Hall–Kier alpha value is -1.42. The van der Waals surface area contributed by atoms with Gasteiger partial charge in [-0.15, -0.1) is 0 Å². The molecule has 1 fully saturated rings. The van der Waals surface area contributed by atoms with Gasteiger partial charge in [-0.1, -0.05) is 19.9 Å². The summed E-state index contributed by atoms with van der Waals surface area (Å²) in [5.74, 6) is 0.911. The predicted molar refractivity (Wildman–Crippen MR) is 80.4 cm³/mol. The summed E-state index contributed by atoms with van der Waals surface area (Å²) in [6.07, 6.45) is 4.15. The molecule has 20 heavy (non-hydrogen) atoms. The highest BCUT2D eigenvalue weighted by Gasteiger charge is 2.22. The number of carbonyl (C=O) groups is 1. The zero-order chi connectivity index (χ0) is 14.4. The van der Waals surface area contributed by atoms with Gasteiger partial charge in [-0.3, -0.25) is 9.78 Å². The summed E-state index contributed by atoms with van der Waals surface area (Å²) < 4.78 is 5.32. The Kier molecular flexibility index (Phi) is 5.53. The van der Waals surface area contributed by atoms with E-state index >= 15 is 0 Å². The Morgan fingerprint density at radius 1 is 1.55 bits per heavy atom. The van der Waals surface area contributed by atoms with Crippen LogP contribution >= 0.6 is 0 Å². The molecule has 0 radical (unpaired) electrons. The van der Waals surface area contributed by atoms with E-state index in [1.165, 1.54) is 0 Å². The molecule has 0 aromatic carbocycles. The molecule has 112 valence electrons. The first-order chi connectivity index (χ1) is 9.65. The second-order valence-corrected chi connectivity index (χ2v) is 5.88. The minimum absolute atomic E-state index is 0. The summed E-state index contributed by atoms with van der Waals surface area (Å²) >= 11 is 0. The fourth-order valence-corrected chi connectivity index (χ4v) is 2.47. The monoisotopic (exact) mass is 278 g/mol. The largest absolute Gasteiger partial charge is 0.381 e. The lowest BCUT2D eigenvalue weighted by molar-refractivity contribution is -0.123. The van der Waals surface area contributed by atoms with E-state index in [9.17, 15) is 4.79 Å². The van der Waals surface area contributed by atoms with Crippen molar-refractivity contribution in [2.24, 2.45) is 11.8 Å². The maximum atomic E-state index is 12.1. The van der Waals surface area contributed by atoms with Crippen LogP contribution in [0.1, 0.15) is 33.8 Å². The third-order valence-corrected chi connectivity index (χ3v) is 3.80. The average molecular weight is 278 g/mol. The predicted octanol–water partition coefficient (Wildman–Crippen LogP) is 2.44. The van der Waals surface area contributed by atoms with Gasteiger partial charge in [-0.05, 0) is 30.4 Å². The van der Waals surface area contributed by atoms with Crippen LogP contribution in [0.5, 0.6) is 0 Å². The number of rotatable bonds is 6. The minimum Gasteiger partial charge on any atom is -0.381 e. The number of nitrogens with one attached hydrogen (secondary N) is 1. The van der Waals surface area contributed by atoms with Crippen LogP contribution in [-0.2, 0) is 16.0 Å². The van der Waals surface area contributed by atoms with Crippen molar-refractivity contribution in [1.82, 2.24) is 10.3 Å². The number of carbonyl (C=O) groups excluding carboxylic acids is 1. The molecule has 1 aliphatic rings. The van der Waals surface area contributed by atoms with Crippen molar-refractivity contribution in [2.75, 3.05) is 13.2 Å². The number of aromatic nitrogens is 1. The summed E-state index contributed by atoms with van der Waals surface area (Å²) in [7, 11) is 0. The summed E-state index contributed by atoms with van der Waals surface area (Å²) in [5, 5.41) is 3.16. The number of nitrogens with zero attached hydrogens (tertiary/aromatic N) is 1. The summed E-state index contributed by atoms with van der Waals surface area (Å²) in [6, 6.07) is 6.04. The molecular formula is C16H26N2O2. The minimum atomic E-state index is 0. The normalized spacial score (nSPS) is 20.1. The Balaban J connectivity index is 0.00000220. The van der Waals surface area contributed by atoms with Crippen molar-refractivity contribution in [1.29, 1.82) is 0 Å². The van der Waals surface area contributed by atoms with Gasteiger partial charge in [0.1, 0.15) is 0 Å². The second-order valence-electron chi connectivity index (χ2n) is 5.88. The van der Waals surface area contributed by atoms with Crippen LogP contribution in [0.15, 0.2) is 24.4 Å². The first-order valence-corrected chi connectivity index (χ1v) is 7.42. The van der Waals surface area contributed by atoms with Crippen LogP contribution in [0, 0.1) is 11.8 Å². The zero-order valence-corrected chi connectivity index (χ0v) is 12.3. The SMILES string of the molecule is CC(C)[C@H](Cc1ccccn1)NC(=O)CC1CCOC1.[HH]. The fraction of sp³-hybridized carbons (Fsp3) is 0.625. The van der Waals surface area contributed by atoms with E-state index in [1.54, 1.807) is 6.20 Å². The second kappa shape index (κ2) is 7.39. The van der Waals surface area contributed by atoms with Crippen molar-refractivity contribution in [3.05, 3.63) is 30.1 Å². The van der Waals surface area contributed by atoms with Crippen LogP contribution in [-0.4, -0.2) is 30.1 Å². The van der Waals surface area contributed by atoms with E-state index in [0.29, 0.717) is 18.3 Å². The maximum absolute atomic E-state index is 12.1. The van der Waals surface area contributed by atoms with Crippen molar-refractivity contribution in [3.63, 3.8) is 0 Å². The molecule has 4 heteroatoms. The first kappa shape index (κ1) is 15.0. The molecule has 1 aromatic heterocycles. The molecule has 1 N–H and O–H groups in total. The first-order valence-electron chi connectivity index (χ1n) is 7.42. The fourth-order valence-electron chi connectivity index (χ4n) is 2.47. The van der Waals surface area contributed by atoms with Gasteiger partial charge in [0.25, 0.3) is 0 Å². The molecule has 2 heterocycles. The Morgan fingerprint density at radius 3 is 3.00 bits per heavy atom. The van der Waals surface area contributed by atoms with E-state index in [-0.39, 0.29) is 13.4 Å². The molecule has 1 aromatic rings. The van der Waals surface area contributed by atoms with E-state index in [1.807, 2.05) is 18.2 Å². The third kappa shape index (κ3) is 4.60. The topological polar surface area (TPSA) is 51.2 Å². The molecule has 1 saturated heterocycles. The third-order valence-electron chi connectivity index (χ3n) is 3.80. The lowest BCUT2D eigenvalue weighted by atomic mass is 9.97. The van der Waals surface area contributed by atoms with Crippen LogP contribution in [0.3, 0.4) is 0 Å². The van der Waals surface area contributed by atoms with Gasteiger partial charge in [0.15, 0.2) is 0 Å². The standard InChI is InChI=1S/C16H24N2O2.H2/c1-12(2)15(10-14-5-3-4-7-17-14)18-16(19)9-13-6-8-20-11-13;/h3-5,7,12-13,15H,6,8-11H2,1-2H3,(H,18,19);1H/t13?,15-;/m0./s1. The number of hydrogen-bond donors (Lipinski definition) is 1. The molecule has 0 spiro atoms. The van der Waals surface area contributed by atoms with Gasteiger partial charge in [0.2, 0.25) is 5.91 Å². The number of hydrogen-bond acceptors (Lipinski definition) is 3. The van der Waals surface area contributed by atoms with Gasteiger partial charge in [0.05, 0.1) is 0 Å². The molecular weight excluding hydrogens is 252 g/mol. The number of amides is 1. The van der Waals surface area contributed by atoms with Crippen molar-refractivity contribution >= 4 is 5.91 Å². The summed E-state index contributed by atoms with van der Waals surface area (Å²) in [4.78, 5) is 16.5. The lowest BCUT2D eigenvalue weighted by Crippen LogP contribution is -2.41. The highest BCUT2D eigenvalue weighted by atomic mass is 16.5. The van der Waals surface area contributed by atoms with E-state index in [0.717, 1.165) is 31.7 Å². The van der Waals surface area contributed by atoms with Gasteiger partial charge in [-0.2, -0.15) is 0 Å². The Morgan fingerprint density at radius 2 is 2.40 bits per heavy atom. The molecule has 2 atom stereocenters. The van der Waals surface area contributed by atoms with Crippen molar-refractivity contribution in [3.8, 4) is 0 Å². The molecule has 0 aliphatic carbocycles. The molecule has 2 rings (SSSR count). The number of pyridine rings is 1. The van der Waals surface area contributed by atoms with Crippen molar-refractivity contribution in [2.45, 2.75) is 39.2 Å². The lowest BCUT2D eigenvalue weighted by Gasteiger charge is -2.23. The van der Waals surface area contributed by atoms with Crippen LogP contribution in [0.4, 0.5) is 0 Å². The summed E-state index contributed by atoms with van der Waals surface area (Å²) in [6.45, 7) is 5.78. The highest BCUT2D eigenvalue weighted by Crippen LogP contribution is 2.17. The molecule has 4 nitrogen and oxygen atoms in total. The Bertz CT molecular complexity index is 420. The van der Waals surface area contributed by atoms with Gasteiger partial charge >= 0.3 is 0 Å². The highest BCUT2D eigenvalue weighted by molar-refractivity contribution is 5.76. The van der Waals surface area contributed by atoms with E-state index < -0.39 is 0 Å². The van der Waals surface area contributed by atoms with Crippen LogP contribution < -0.4 is 5.32 Å². The average Bonchev–Trinajstić information content (AvgIpc) is 2.92. The van der Waals surface area contributed by atoms with E-state index in [4.69, 9.17) is 4.74 Å². The summed E-state index contributed by atoms with van der Waals surface area (Å²) in [5.41, 5.74) is 1.02. The number of ether oxygens (including phenoxy) is 1. The Labute approximate surface area is 122 Å². The van der Waals surface area contributed by atoms with E-state index in [2.05, 4.69) is 24.1 Å². The molecule has 1 aliphatic heterocycles. The molecule has 0 saturated carbocycles. The van der Waals surface area contributed by atoms with Crippen molar-refractivity contribution < 1.29 is 11.0 Å². The zero-order valence-electron chi connectivity index (χ0n) is 12.3. The quantitative estimate of drug-likeness (QED) is 0.869. The van der Waals surface area contributed by atoms with Gasteiger partial charge in [-0.25, -0.2) is 0 Å². The smallest absolute Gasteiger partial charge is 0.220 e. The van der Waals surface area contributed by atoms with Gasteiger partial charge < -0.3 is 10.1 Å². The van der Waals surface area contributed by atoms with Crippen LogP contribution in [0.25, 0.3) is 0 Å². The maximum Gasteiger partial charge on any atom is 0.220 e.